The Kier molecular flexibility index (Phi) is 5.63. The van der Waals surface area contributed by atoms with Crippen molar-refractivity contribution in [3.63, 3.8) is 0 Å². The van der Waals surface area contributed by atoms with Crippen LogP contribution < -0.4 is 5.32 Å². The molecule has 0 aromatic rings. The number of rotatable bonds is 6. The summed E-state index contributed by atoms with van der Waals surface area (Å²) < 4.78 is 5.64. The summed E-state index contributed by atoms with van der Waals surface area (Å²) in [5.41, 5.74) is 0. The Morgan fingerprint density at radius 2 is 2.16 bits per heavy atom. The molecule has 2 fully saturated rings. The molecule has 2 heterocycles. The number of nitrogens with zero attached hydrogens (tertiary/aromatic N) is 2. The average Bonchev–Trinajstić information content (AvgIpc) is 2.98. The van der Waals surface area contributed by atoms with Crippen LogP contribution in [-0.2, 0) is 4.74 Å². The van der Waals surface area contributed by atoms with Crippen molar-refractivity contribution < 1.29 is 4.74 Å². The first kappa shape index (κ1) is 15.2. The van der Waals surface area contributed by atoms with Crippen molar-refractivity contribution in [2.24, 2.45) is 5.92 Å². The summed E-state index contributed by atoms with van der Waals surface area (Å²) in [7, 11) is 4.40. The zero-order chi connectivity index (χ0) is 13.8. The van der Waals surface area contributed by atoms with E-state index in [1.54, 1.807) is 0 Å². The fourth-order valence-corrected chi connectivity index (χ4v) is 3.41. The first-order valence-corrected chi connectivity index (χ1v) is 7.80. The van der Waals surface area contributed by atoms with Crippen molar-refractivity contribution >= 4 is 0 Å². The Labute approximate surface area is 118 Å². The van der Waals surface area contributed by atoms with Crippen molar-refractivity contribution in [3.05, 3.63) is 0 Å². The van der Waals surface area contributed by atoms with E-state index in [9.17, 15) is 0 Å². The van der Waals surface area contributed by atoms with Crippen LogP contribution in [0, 0.1) is 5.92 Å². The van der Waals surface area contributed by atoms with Gasteiger partial charge in [0.1, 0.15) is 0 Å². The largest absolute Gasteiger partial charge is 0.377 e. The molecule has 2 rings (SSSR count). The first-order chi connectivity index (χ1) is 9.08. The molecule has 4 nitrogen and oxygen atoms in total. The zero-order valence-corrected chi connectivity index (χ0v) is 13.1. The maximum Gasteiger partial charge on any atom is 0.0700 e. The molecule has 19 heavy (non-hydrogen) atoms. The molecule has 4 unspecified atom stereocenters. The van der Waals surface area contributed by atoms with Gasteiger partial charge in [-0.25, -0.2) is 0 Å². The summed E-state index contributed by atoms with van der Waals surface area (Å²) in [6.07, 6.45) is 2.92. The monoisotopic (exact) mass is 269 g/mol. The molecule has 0 aliphatic carbocycles. The van der Waals surface area contributed by atoms with Gasteiger partial charge >= 0.3 is 0 Å². The van der Waals surface area contributed by atoms with Gasteiger partial charge in [0.05, 0.1) is 6.10 Å². The highest BCUT2D eigenvalue weighted by Crippen LogP contribution is 2.21. The molecular formula is C15H31N3O. The van der Waals surface area contributed by atoms with E-state index in [1.165, 1.54) is 25.9 Å². The van der Waals surface area contributed by atoms with E-state index in [2.05, 4.69) is 43.1 Å². The van der Waals surface area contributed by atoms with Crippen LogP contribution in [0.4, 0.5) is 0 Å². The van der Waals surface area contributed by atoms with E-state index >= 15 is 0 Å². The van der Waals surface area contributed by atoms with Crippen molar-refractivity contribution in [2.45, 2.75) is 44.9 Å². The number of likely N-dealkylation sites (tertiary alicyclic amines) is 1. The van der Waals surface area contributed by atoms with Gasteiger partial charge in [-0.1, -0.05) is 6.92 Å². The van der Waals surface area contributed by atoms with Gasteiger partial charge in [-0.3, -0.25) is 4.90 Å². The lowest BCUT2D eigenvalue weighted by Gasteiger charge is -2.26. The Bertz CT molecular complexity index is 266. The normalized spacial score (nSPS) is 34.3. The lowest BCUT2D eigenvalue weighted by atomic mass is 10.1. The van der Waals surface area contributed by atoms with Crippen LogP contribution in [0.5, 0.6) is 0 Å². The maximum atomic E-state index is 5.64. The molecule has 4 atom stereocenters. The predicted molar refractivity (Wildman–Crippen MR) is 79.5 cm³/mol. The van der Waals surface area contributed by atoms with E-state index in [1.807, 2.05) is 0 Å². The van der Waals surface area contributed by atoms with Gasteiger partial charge in [0, 0.05) is 44.9 Å². The molecule has 0 bridgehead atoms. The number of hydrogen-bond donors (Lipinski definition) is 1. The molecule has 2 aliphatic heterocycles. The molecule has 0 amide bonds. The molecule has 2 saturated heterocycles. The summed E-state index contributed by atoms with van der Waals surface area (Å²) in [6, 6.07) is 1.33. The van der Waals surface area contributed by atoms with Gasteiger partial charge in [-0.05, 0) is 39.8 Å². The molecule has 0 aromatic heterocycles. The SMILES string of the molecule is CC1CN(C(C)CNCC2CCCO2)CC1N(C)C. The minimum absolute atomic E-state index is 0.458. The van der Waals surface area contributed by atoms with Crippen molar-refractivity contribution in [3.8, 4) is 0 Å². The molecule has 0 saturated carbocycles. The van der Waals surface area contributed by atoms with Crippen LogP contribution >= 0.6 is 0 Å². The van der Waals surface area contributed by atoms with E-state index < -0.39 is 0 Å². The van der Waals surface area contributed by atoms with E-state index in [4.69, 9.17) is 4.74 Å². The fraction of sp³-hybridized carbons (Fsp3) is 1.00. The van der Waals surface area contributed by atoms with Gasteiger partial charge in [-0.15, -0.1) is 0 Å². The first-order valence-electron chi connectivity index (χ1n) is 7.80. The Balaban J connectivity index is 1.67. The molecule has 112 valence electrons. The fourth-order valence-electron chi connectivity index (χ4n) is 3.41. The second-order valence-electron chi connectivity index (χ2n) is 6.60. The Morgan fingerprint density at radius 3 is 2.74 bits per heavy atom. The van der Waals surface area contributed by atoms with Crippen molar-refractivity contribution in [1.29, 1.82) is 0 Å². The summed E-state index contributed by atoms with van der Waals surface area (Å²) in [6.45, 7) is 10.2. The van der Waals surface area contributed by atoms with Gasteiger partial charge < -0.3 is 15.0 Å². The number of nitrogens with one attached hydrogen (secondary N) is 1. The predicted octanol–water partition coefficient (Wildman–Crippen LogP) is 1.03. The van der Waals surface area contributed by atoms with Gasteiger partial charge in [0.15, 0.2) is 0 Å². The van der Waals surface area contributed by atoms with Crippen LogP contribution in [0.2, 0.25) is 0 Å². The number of hydrogen-bond acceptors (Lipinski definition) is 4. The lowest BCUT2D eigenvalue weighted by molar-refractivity contribution is 0.107. The summed E-state index contributed by atoms with van der Waals surface area (Å²) in [4.78, 5) is 5.00. The highest BCUT2D eigenvalue weighted by molar-refractivity contribution is 4.89. The summed E-state index contributed by atoms with van der Waals surface area (Å²) >= 11 is 0. The maximum absolute atomic E-state index is 5.64. The quantitative estimate of drug-likeness (QED) is 0.779. The molecule has 0 aromatic carbocycles. The van der Waals surface area contributed by atoms with Gasteiger partial charge in [0.2, 0.25) is 0 Å². The number of ether oxygens (including phenoxy) is 1. The Morgan fingerprint density at radius 1 is 1.37 bits per heavy atom. The molecule has 1 N–H and O–H groups in total. The minimum Gasteiger partial charge on any atom is -0.377 e. The van der Waals surface area contributed by atoms with Crippen LogP contribution in [0.15, 0.2) is 0 Å². The Hall–Kier alpha value is -0.160. The molecule has 0 radical (unpaired) electrons. The molecule has 4 heteroatoms. The van der Waals surface area contributed by atoms with Crippen molar-refractivity contribution in [1.82, 2.24) is 15.1 Å². The van der Waals surface area contributed by atoms with Crippen LogP contribution in [0.1, 0.15) is 26.7 Å². The zero-order valence-electron chi connectivity index (χ0n) is 13.1. The minimum atomic E-state index is 0.458. The highest BCUT2D eigenvalue weighted by atomic mass is 16.5. The highest BCUT2D eigenvalue weighted by Gasteiger charge is 2.33. The lowest BCUT2D eigenvalue weighted by Crippen LogP contribution is -2.42. The van der Waals surface area contributed by atoms with E-state index in [0.29, 0.717) is 18.2 Å². The second kappa shape index (κ2) is 7.02. The third-order valence-electron chi connectivity index (χ3n) is 4.72. The molecule has 0 spiro atoms. The van der Waals surface area contributed by atoms with E-state index in [0.717, 1.165) is 25.6 Å². The van der Waals surface area contributed by atoms with Crippen LogP contribution in [-0.4, -0.2) is 74.9 Å². The number of likely N-dealkylation sites (N-methyl/N-ethyl adjacent to an activating group) is 1. The molecular weight excluding hydrogens is 238 g/mol. The van der Waals surface area contributed by atoms with Gasteiger partial charge in [-0.2, -0.15) is 0 Å². The van der Waals surface area contributed by atoms with Crippen LogP contribution in [0.3, 0.4) is 0 Å². The molecule has 2 aliphatic rings. The van der Waals surface area contributed by atoms with E-state index in [-0.39, 0.29) is 0 Å². The smallest absolute Gasteiger partial charge is 0.0700 e. The third-order valence-corrected chi connectivity index (χ3v) is 4.72. The standard InChI is InChI=1S/C15H31N3O/c1-12-10-18(11-15(12)17(3)4)13(2)8-16-9-14-6-5-7-19-14/h12-16H,5-11H2,1-4H3. The topological polar surface area (TPSA) is 27.7 Å². The van der Waals surface area contributed by atoms with Crippen molar-refractivity contribution in [2.75, 3.05) is 46.9 Å². The summed E-state index contributed by atoms with van der Waals surface area (Å²) in [5, 5.41) is 3.58. The third kappa shape index (κ3) is 4.15. The second-order valence-corrected chi connectivity index (χ2v) is 6.60. The summed E-state index contributed by atoms with van der Waals surface area (Å²) in [5.74, 6) is 0.774. The average molecular weight is 269 g/mol. The van der Waals surface area contributed by atoms with Gasteiger partial charge in [0.25, 0.3) is 0 Å². The van der Waals surface area contributed by atoms with Crippen LogP contribution in [0.25, 0.3) is 0 Å².